The normalized spacial score (nSPS) is 16.4. The fourth-order valence-electron chi connectivity index (χ4n) is 2.30. The maximum Gasteiger partial charge on any atom is 0.125 e. The van der Waals surface area contributed by atoms with E-state index in [1.54, 1.807) is 0 Å². The molecule has 0 unspecified atom stereocenters. The maximum absolute atomic E-state index is 5.88. The Morgan fingerprint density at radius 1 is 1.24 bits per heavy atom. The van der Waals surface area contributed by atoms with Crippen LogP contribution in [-0.2, 0) is 0 Å². The molecule has 0 radical (unpaired) electrons. The Morgan fingerprint density at radius 3 is 2.65 bits per heavy atom. The number of pyridine rings is 1. The number of rotatable bonds is 4. The second kappa shape index (κ2) is 5.50. The van der Waals surface area contributed by atoms with Crippen LogP contribution in [0.15, 0.2) is 6.07 Å². The topological polar surface area (TPSA) is 25.4 Å². The van der Waals surface area contributed by atoms with Gasteiger partial charge in [-0.15, -0.1) is 0 Å². The summed E-state index contributed by atoms with van der Waals surface area (Å²) in [6.07, 6.45) is 2.68. The van der Waals surface area contributed by atoms with E-state index in [0.29, 0.717) is 0 Å². The third kappa shape index (κ3) is 3.19. The number of nitrogens with zero attached hydrogens (tertiary/aromatic N) is 2. The van der Waals surface area contributed by atoms with Crippen molar-refractivity contribution in [2.45, 2.75) is 33.6 Å². The van der Waals surface area contributed by atoms with Gasteiger partial charge in [0.2, 0.25) is 0 Å². The van der Waals surface area contributed by atoms with Crippen LogP contribution in [0.25, 0.3) is 0 Å². The van der Waals surface area contributed by atoms with Crippen LogP contribution < -0.4 is 4.74 Å². The highest BCUT2D eigenvalue weighted by atomic mass is 16.5. The maximum atomic E-state index is 5.88. The first-order chi connectivity index (χ1) is 8.16. The highest BCUT2D eigenvalue weighted by Gasteiger charge is 2.11. The van der Waals surface area contributed by atoms with Gasteiger partial charge in [0.25, 0.3) is 0 Å². The number of ether oxygens (including phenoxy) is 1. The van der Waals surface area contributed by atoms with Crippen molar-refractivity contribution in [2.75, 3.05) is 26.2 Å². The van der Waals surface area contributed by atoms with Crippen molar-refractivity contribution in [3.8, 4) is 5.75 Å². The van der Waals surface area contributed by atoms with Crippen LogP contribution in [0.5, 0.6) is 5.75 Å². The lowest BCUT2D eigenvalue weighted by atomic mass is 10.2. The van der Waals surface area contributed by atoms with Gasteiger partial charge in [-0.25, -0.2) is 0 Å². The smallest absolute Gasteiger partial charge is 0.125 e. The van der Waals surface area contributed by atoms with E-state index in [1.807, 2.05) is 19.9 Å². The lowest BCUT2D eigenvalue weighted by Gasteiger charge is -2.16. The lowest BCUT2D eigenvalue weighted by Crippen LogP contribution is -2.25. The Hall–Kier alpha value is -1.09. The van der Waals surface area contributed by atoms with Gasteiger partial charge in [0, 0.05) is 29.6 Å². The predicted octanol–water partition coefficient (Wildman–Crippen LogP) is 2.48. The summed E-state index contributed by atoms with van der Waals surface area (Å²) in [7, 11) is 0. The number of likely N-dealkylation sites (tertiary alicyclic amines) is 1. The van der Waals surface area contributed by atoms with Crippen molar-refractivity contribution < 1.29 is 4.74 Å². The predicted molar refractivity (Wildman–Crippen MR) is 69.6 cm³/mol. The Balaban J connectivity index is 1.89. The summed E-state index contributed by atoms with van der Waals surface area (Å²) in [4.78, 5) is 6.90. The minimum atomic E-state index is 0.781. The summed E-state index contributed by atoms with van der Waals surface area (Å²) in [5.41, 5.74) is 3.27. The van der Waals surface area contributed by atoms with Crippen LogP contribution >= 0.6 is 0 Å². The van der Waals surface area contributed by atoms with E-state index < -0.39 is 0 Å². The van der Waals surface area contributed by atoms with Crippen LogP contribution in [0, 0.1) is 20.8 Å². The molecule has 1 aliphatic rings. The molecule has 0 aliphatic carbocycles. The number of aryl methyl sites for hydroxylation is 2. The molecule has 0 atom stereocenters. The average Bonchev–Trinajstić information content (AvgIpc) is 2.78. The molecule has 94 valence electrons. The van der Waals surface area contributed by atoms with Crippen LogP contribution in [0.2, 0.25) is 0 Å². The highest BCUT2D eigenvalue weighted by Crippen LogP contribution is 2.21. The molecular formula is C14H22N2O. The second-order valence-corrected chi connectivity index (χ2v) is 4.87. The lowest BCUT2D eigenvalue weighted by molar-refractivity contribution is 0.236. The van der Waals surface area contributed by atoms with Crippen LogP contribution in [0.4, 0.5) is 0 Å². The molecule has 3 heteroatoms. The van der Waals surface area contributed by atoms with Crippen LogP contribution in [0.3, 0.4) is 0 Å². The van der Waals surface area contributed by atoms with Crippen LogP contribution in [-0.4, -0.2) is 36.1 Å². The highest BCUT2D eigenvalue weighted by molar-refractivity contribution is 5.36. The van der Waals surface area contributed by atoms with Gasteiger partial charge in [0.05, 0.1) is 0 Å². The fraction of sp³-hybridized carbons (Fsp3) is 0.643. The third-order valence-corrected chi connectivity index (χ3v) is 3.46. The molecule has 1 aromatic heterocycles. The number of hydrogen-bond donors (Lipinski definition) is 0. The molecule has 3 nitrogen and oxygen atoms in total. The zero-order valence-corrected chi connectivity index (χ0v) is 11.1. The van der Waals surface area contributed by atoms with Crippen LogP contribution in [0.1, 0.15) is 29.8 Å². The first-order valence-corrected chi connectivity index (χ1v) is 6.47. The first-order valence-electron chi connectivity index (χ1n) is 6.47. The Kier molecular flexibility index (Phi) is 4.00. The molecule has 0 aromatic carbocycles. The second-order valence-electron chi connectivity index (χ2n) is 4.87. The standard InChI is InChI=1S/C14H22N2O/c1-11-10-14(12(2)13(3)15-11)17-9-8-16-6-4-5-7-16/h10H,4-9H2,1-3H3. The fourth-order valence-corrected chi connectivity index (χ4v) is 2.30. The zero-order valence-electron chi connectivity index (χ0n) is 11.1. The van der Waals surface area contributed by atoms with Crippen molar-refractivity contribution in [3.05, 3.63) is 23.0 Å². The first kappa shape index (κ1) is 12.4. The molecule has 1 saturated heterocycles. The van der Waals surface area contributed by atoms with Crippen molar-refractivity contribution in [1.82, 2.24) is 9.88 Å². The SMILES string of the molecule is Cc1cc(OCCN2CCCC2)c(C)c(C)n1. The Morgan fingerprint density at radius 2 is 1.94 bits per heavy atom. The molecule has 2 heterocycles. The zero-order chi connectivity index (χ0) is 12.3. The van der Waals surface area contributed by atoms with Gasteiger partial charge in [-0.2, -0.15) is 0 Å². The summed E-state index contributed by atoms with van der Waals surface area (Å²) in [5, 5.41) is 0. The molecule has 0 N–H and O–H groups in total. The van der Waals surface area contributed by atoms with E-state index in [9.17, 15) is 0 Å². The third-order valence-electron chi connectivity index (χ3n) is 3.46. The Labute approximate surface area is 104 Å². The van der Waals surface area contributed by atoms with E-state index in [2.05, 4.69) is 16.8 Å². The van der Waals surface area contributed by atoms with Crippen molar-refractivity contribution in [2.24, 2.45) is 0 Å². The van der Waals surface area contributed by atoms with Gasteiger partial charge in [-0.3, -0.25) is 9.88 Å². The summed E-state index contributed by atoms with van der Waals surface area (Å²) >= 11 is 0. The van der Waals surface area contributed by atoms with E-state index >= 15 is 0 Å². The minimum absolute atomic E-state index is 0.781. The molecule has 0 spiro atoms. The largest absolute Gasteiger partial charge is 0.492 e. The van der Waals surface area contributed by atoms with Gasteiger partial charge in [0.1, 0.15) is 12.4 Å². The van der Waals surface area contributed by atoms with Crippen molar-refractivity contribution in [3.63, 3.8) is 0 Å². The molecule has 1 aliphatic heterocycles. The molecular weight excluding hydrogens is 212 g/mol. The molecule has 17 heavy (non-hydrogen) atoms. The Bertz CT molecular complexity index is 384. The molecule has 0 amide bonds. The quantitative estimate of drug-likeness (QED) is 0.800. The van der Waals surface area contributed by atoms with E-state index in [0.717, 1.165) is 35.9 Å². The summed E-state index contributed by atoms with van der Waals surface area (Å²) in [6.45, 7) is 10.4. The summed E-state index contributed by atoms with van der Waals surface area (Å²) in [5.74, 6) is 0.995. The molecule has 0 saturated carbocycles. The van der Waals surface area contributed by atoms with E-state index in [4.69, 9.17) is 4.74 Å². The van der Waals surface area contributed by atoms with Gasteiger partial charge < -0.3 is 4.74 Å². The van der Waals surface area contributed by atoms with Crippen molar-refractivity contribution >= 4 is 0 Å². The minimum Gasteiger partial charge on any atom is -0.492 e. The van der Waals surface area contributed by atoms with Gasteiger partial charge in [-0.1, -0.05) is 0 Å². The average molecular weight is 234 g/mol. The molecule has 1 fully saturated rings. The van der Waals surface area contributed by atoms with Gasteiger partial charge in [-0.05, 0) is 46.7 Å². The summed E-state index contributed by atoms with van der Waals surface area (Å²) < 4.78 is 5.88. The monoisotopic (exact) mass is 234 g/mol. The molecule has 2 rings (SSSR count). The summed E-state index contributed by atoms with van der Waals surface area (Å²) in [6, 6.07) is 2.03. The van der Waals surface area contributed by atoms with E-state index in [1.165, 1.54) is 25.9 Å². The number of aromatic nitrogens is 1. The van der Waals surface area contributed by atoms with Crippen molar-refractivity contribution in [1.29, 1.82) is 0 Å². The molecule has 0 bridgehead atoms. The number of hydrogen-bond acceptors (Lipinski definition) is 3. The van der Waals surface area contributed by atoms with Gasteiger partial charge in [0.15, 0.2) is 0 Å². The van der Waals surface area contributed by atoms with E-state index in [-0.39, 0.29) is 0 Å². The van der Waals surface area contributed by atoms with Gasteiger partial charge >= 0.3 is 0 Å². The molecule has 1 aromatic rings.